The molecule has 4 nitrogen and oxygen atoms in total. The molecule has 0 rings (SSSR count). The smallest absolute Gasteiger partial charge is 0.153 e. The monoisotopic (exact) mass is 144 g/mol. The molecule has 0 saturated carbocycles. The largest absolute Gasteiger partial charge is 0.308 e. The SMILES string of the molecule is CC.CN=CC(=NC)NN. The third-order valence-electron chi connectivity index (χ3n) is 0.640. The molecule has 0 aromatic heterocycles. The summed E-state index contributed by atoms with van der Waals surface area (Å²) in [4.78, 5) is 7.41. The zero-order valence-corrected chi connectivity index (χ0v) is 7.05. The minimum absolute atomic E-state index is 0.576. The number of hydrogen-bond acceptors (Lipinski definition) is 3. The van der Waals surface area contributed by atoms with E-state index in [1.54, 1.807) is 20.3 Å². The van der Waals surface area contributed by atoms with Gasteiger partial charge in [0.15, 0.2) is 5.84 Å². The van der Waals surface area contributed by atoms with E-state index in [-0.39, 0.29) is 0 Å². The third kappa shape index (κ3) is 7.10. The van der Waals surface area contributed by atoms with Crippen molar-refractivity contribution in [3.63, 3.8) is 0 Å². The summed E-state index contributed by atoms with van der Waals surface area (Å²) < 4.78 is 0. The summed E-state index contributed by atoms with van der Waals surface area (Å²) in [6.07, 6.45) is 1.54. The number of nitrogens with one attached hydrogen (secondary N) is 1. The maximum absolute atomic E-state index is 5.00. The first-order valence-electron chi connectivity index (χ1n) is 3.20. The normalized spacial score (nSPS) is 10.7. The van der Waals surface area contributed by atoms with Crippen molar-refractivity contribution in [1.82, 2.24) is 5.43 Å². The molecule has 0 heterocycles. The number of nitrogens with zero attached hydrogens (tertiary/aromatic N) is 2. The van der Waals surface area contributed by atoms with Crippen LogP contribution < -0.4 is 11.3 Å². The molecule has 0 amide bonds. The van der Waals surface area contributed by atoms with Gasteiger partial charge in [0.1, 0.15) is 0 Å². The van der Waals surface area contributed by atoms with Crippen LogP contribution in [0.15, 0.2) is 9.98 Å². The third-order valence-corrected chi connectivity index (χ3v) is 0.640. The van der Waals surface area contributed by atoms with Gasteiger partial charge in [-0.1, -0.05) is 13.8 Å². The van der Waals surface area contributed by atoms with Gasteiger partial charge in [-0.25, -0.2) is 5.84 Å². The van der Waals surface area contributed by atoms with Gasteiger partial charge in [-0.2, -0.15) is 0 Å². The molecule has 0 fully saturated rings. The number of nitrogens with two attached hydrogens (primary N) is 1. The minimum atomic E-state index is 0.576. The number of hydrogen-bond donors (Lipinski definition) is 2. The predicted octanol–water partition coefficient (Wildman–Crippen LogP) is 0.205. The molecule has 0 radical (unpaired) electrons. The second-order valence-electron chi connectivity index (χ2n) is 1.14. The number of amidine groups is 1. The van der Waals surface area contributed by atoms with Gasteiger partial charge < -0.3 is 5.43 Å². The molecule has 0 aromatic rings. The standard InChI is InChI=1S/C4H10N4.C2H6/c1-6-3-4(7-2)8-5;1-2/h3H,5H2,1-2H3,(H,7,8);1-2H3. The summed E-state index contributed by atoms with van der Waals surface area (Å²) in [6, 6.07) is 0. The van der Waals surface area contributed by atoms with Crippen molar-refractivity contribution in [2.24, 2.45) is 15.8 Å². The molecule has 0 aliphatic rings. The molecule has 0 saturated heterocycles. The van der Waals surface area contributed by atoms with Crippen LogP contribution in [0, 0.1) is 0 Å². The molecule has 60 valence electrons. The van der Waals surface area contributed by atoms with Crippen molar-refractivity contribution < 1.29 is 0 Å². The fraction of sp³-hybridized carbons (Fsp3) is 0.667. The van der Waals surface area contributed by atoms with E-state index in [0.29, 0.717) is 5.84 Å². The fourth-order valence-corrected chi connectivity index (χ4v) is 0.282. The van der Waals surface area contributed by atoms with Gasteiger partial charge >= 0.3 is 0 Å². The Morgan fingerprint density at radius 3 is 2.00 bits per heavy atom. The molecule has 10 heavy (non-hydrogen) atoms. The molecular weight excluding hydrogens is 128 g/mol. The van der Waals surface area contributed by atoms with Crippen LogP contribution in [0.2, 0.25) is 0 Å². The van der Waals surface area contributed by atoms with Crippen molar-refractivity contribution in [3.05, 3.63) is 0 Å². The quantitative estimate of drug-likeness (QED) is 0.239. The molecule has 0 aromatic carbocycles. The highest BCUT2D eigenvalue weighted by Gasteiger charge is 1.81. The van der Waals surface area contributed by atoms with Gasteiger partial charge in [0.25, 0.3) is 0 Å². The van der Waals surface area contributed by atoms with Crippen molar-refractivity contribution in [1.29, 1.82) is 0 Å². The lowest BCUT2D eigenvalue weighted by atomic mass is 10.6. The number of aliphatic imine (C=N–C) groups is 2. The van der Waals surface area contributed by atoms with Crippen molar-refractivity contribution in [2.75, 3.05) is 14.1 Å². The Hall–Kier alpha value is -0.900. The maximum atomic E-state index is 5.00. The summed E-state index contributed by atoms with van der Waals surface area (Å²) in [6.45, 7) is 4.00. The fourth-order valence-electron chi connectivity index (χ4n) is 0.282. The second kappa shape index (κ2) is 11.0. The van der Waals surface area contributed by atoms with Crippen LogP contribution in [-0.2, 0) is 0 Å². The van der Waals surface area contributed by atoms with Crippen LogP contribution in [0.3, 0.4) is 0 Å². The Morgan fingerprint density at radius 2 is 1.90 bits per heavy atom. The van der Waals surface area contributed by atoms with Crippen LogP contribution in [0.4, 0.5) is 0 Å². The first-order chi connectivity index (χ1) is 4.85. The van der Waals surface area contributed by atoms with Gasteiger partial charge in [-0.3, -0.25) is 9.98 Å². The first kappa shape index (κ1) is 11.8. The van der Waals surface area contributed by atoms with E-state index in [1.807, 2.05) is 13.8 Å². The lowest BCUT2D eigenvalue weighted by Crippen LogP contribution is -2.31. The van der Waals surface area contributed by atoms with E-state index in [4.69, 9.17) is 5.84 Å². The Kier molecular flexibility index (Phi) is 13.0. The van der Waals surface area contributed by atoms with Crippen LogP contribution in [0.25, 0.3) is 0 Å². The average molecular weight is 144 g/mol. The molecule has 0 bridgehead atoms. The van der Waals surface area contributed by atoms with Gasteiger partial charge in [0.2, 0.25) is 0 Å². The zero-order chi connectivity index (χ0) is 8.41. The zero-order valence-electron chi connectivity index (χ0n) is 7.05. The summed E-state index contributed by atoms with van der Waals surface area (Å²) >= 11 is 0. The highest BCUT2D eigenvalue weighted by Crippen LogP contribution is 1.60. The van der Waals surface area contributed by atoms with E-state index in [1.165, 1.54) is 0 Å². The summed E-state index contributed by atoms with van der Waals surface area (Å²) in [7, 11) is 3.29. The molecular formula is C6H16N4. The van der Waals surface area contributed by atoms with Crippen LogP contribution in [0.1, 0.15) is 13.8 Å². The van der Waals surface area contributed by atoms with E-state index in [2.05, 4.69) is 15.4 Å². The lowest BCUT2D eigenvalue weighted by Gasteiger charge is -1.92. The van der Waals surface area contributed by atoms with E-state index in [9.17, 15) is 0 Å². The molecule has 0 spiro atoms. The summed E-state index contributed by atoms with van der Waals surface area (Å²) in [5.41, 5.74) is 2.35. The highest BCUT2D eigenvalue weighted by atomic mass is 15.2. The molecule has 0 atom stereocenters. The molecule has 0 unspecified atom stereocenters. The van der Waals surface area contributed by atoms with Crippen LogP contribution in [0.5, 0.6) is 0 Å². The first-order valence-corrected chi connectivity index (χ1v) is 3.20. The Morgan fingerprint density at radius 1 is 1.40 bits per heavy atom. The van der Waals surface area contributed by atoms with E-state index in [0.717, 1.165) is 0 Å². The van der Waals surface area contributed by atoms with E-state index < -0.39 is 0 Å². The van der Waals surface area contributed by atoms with Crippen molar-refractivity contribution >= 4 is 12.1 Å². The van der Waals surface area contributed by atoms with Gasteiger partial charge in [-0.15, -0.1) is 0 Å². The highest BCUT2D eigenvalue weighted by molar-refractivity contribution is 6.29. The van der Waals surface area contributed by atoms with Crippen molar-refractivity contribution in [3.8, 4) is 0 Å². The van der Waals surface area contributed by atoms with Crippen molar-refractivity contribution in [2.45, 2.75) is 13.8 Å². The topological polar surface area (TPSA) is 62.8 Å². The molecule has 4 heteroatoms. The van der Waals surface area contributed by atoms with E-state index >= 15 is 0 Å². The molecule has 3 N–H and O–H groups in total. The van der Waals surface area contributed by atoms with Gasteiger partial charge in [0.05, 0.1) is 6.21 Å². The average Bonchev–Trinajstić information content (AvgIpc) is 2.04. The van der Waals surface area contributed by atoms with Crippen LogP contribution >= 0.6 is 0 Å². The Labute approximate surface area is 62.2 Å². The molecule has 0 aliphatic heterocycles. The number of hydrazine groups is 1. The Bertz CT molecular complexity index is 104. The second-order valence-corrected chi connectivity index (χ2v) is 1.14. The Balaban J connectivity index is 0. The maximum Gasteiger partial charge on any atom is 0.153 e. The van der Waals surface area contributed by atoms with Crippen LogP contribution in [-0.4, -0.2) is 26.1 Å². The number of rotatable bonds is 1. The molecule has 0 aliphatic carbocycles. The minimum Gasteiger partial charge on any atom is -0.308 e. The predicted molar refractivity (Wildman–Crippen MR) is 46.4 cm³/mol. The summed E-state index contributed by atoms with van der Waals surface area (Å²) in [5.74, 6) is 5.57. The van der Waals surface area contributed by atoms with Gasteiger partial charge in [-0.05, 0) is 0 Å². The van der Waals surface area contributed by atoms with Gasteiger partial charge in [0, 0.05) is 14.1 Å². The lowest BCUT2D eigenvalue weighted by molar-refractivity contribution is 1.03. The summed E-state index contributed by atoms with van der Waals surface area (Å²) in [5, 5.41) is 0.